The first kappa shape index (κ1) is 20.8. The monoisotopic (exact) mass is 461 g/mol. The van der Waals surface area contributed by atoms with E-state index < -0.39 is 0 Å². The molecule has 1 heterocycles. The molecule has 2 aromatic carbocycles. The Kier molecular flexibility index (Phi) is 7.18. The van der Waals surface area contributed by atoms with Gasteiger partial charge in [0.1, 0.15) is 12.4 Å². The van der Waals surface area contributed by atoms with Gasteiger partial charge in [0.2, 0.25) is 5.95 Å². The number of rotatable bonds is 10. The van der Waals surface area contributed by atoms with E-state index in [9.17, 15) is 4.39 Å². The molecule has 0 spiro atoms. The normalized spacial score (nSPS) is 10.6. The lowest BCUT2D eigenvalue weighted by Gasteiger charge is -2.15. The maximum atomic E-state index is 13.1. The summed E-state index contributed by atoms with van der Waals surface area (Å²) in [5.74, 6) is 1.50. The Balaban J connectivity index is 1.73. The molecule has 0 atom stereocenters. The van der Waals surface area contributed by atoms with E-state index in [4.69, 9.17) is 9.47 Å². The predicted octanol–water partition coefficient (Wildman–Crippen LogP) is 4.35. The molecule has 0 aliphatic carbocycles. The molecule has 9 heteroatoms. The molecule has 0 amide bonds. The van der Waals surface area contributed by atoms with E-state index in [0.717, 1.165) is 15.6 Å². The van der Waals surface area contributed by atoms with E-state index in [1.807, 2.05) is 19.1 Å². The highest BCUT2D eigenvalue weighted by Crippen LogP contribution is 2.34. The maximum absolute atomic E-state index is 13.1. The molecule has 0 aliphatic heterocycles. The van der Waals surface area contributed by atoms with Gasteiger partial charge in [-0.3, -0.25) is 0 Å². The molecule has 3 rings (SSSR count). The summed E-state index contributed by atoms with van der Waals surface area (Å²) in [5, 5.41) is 14.7. The Morgan fingerprint density at radius 2 is 1.97 bits per heavy atom. The van der Waals surface area contributed by atoms with Crippen LogP contribution in [0.4, 0.5) is 10.3 Å². The van der Waals surface area contributed by atoms with Crippen LogP contribution in [0.15, 0.2) is 53.5 Å². The first-order valence-electron chi connectivity index (χ1n) is 9.04. The Morgan fingerprint density at radius 1 is 1.21 bits per heavy atom. The number of nitrogens with zero attached hydrogens (tertiary/aromatic N) is 4. The first-order valence-corrected chi connectivity index (χ1v) is 9.83. The molecule has 29 heavy (non-hydrogen) atoms. The molecular formula is C20H21BrFN5O2. The Hall–Kier alpha value is -2.94. The Bertz CT molecular complexity index is 962. The minimum absolute atomic E-state index is 0.275. The van der Waals surface area contributed by atoms with Gasteiger partial charge in [-0.15, -0.1) is 6.58 Å². The van der Waals surface area contributed by atoms with Gasteiger partial charge in [-0.25, -0.2) is 9.07 Å². The summed E-state index contributed by atoms with van der Waals surface area (Å²) >= 11 is 3.58. The fourth-order valence-corrected chi connectivity index (χ4v) is 3.05. The topological polar surface area (TPSA) is 74.1 Å². The quantitative estimate of drug-likeness (QED) is 0.452. The summed E-state index contributed by atoms with van der Waals surface area (Å²) in [6.45, 7) is 7.40. The number of benzene rings is 2. The number of nitrogens with one attached hydrogen (secondary N) is 1. The summed E-state index contributed by atoms with van der Waals surface area (Å²) in [6.07, 6.45) is 1.72. The largest absolute Gasteiger partial charge is 0.490 e. The average molecular weight is 462 g/mol. The second-order valence-electron chi connectivity index (χ2n) is 6.07. The number of hydrogen-bond donors (Lipinski definition) is 1. The van der Waals surface area contributed by atoms with Crippen molar-refractivity contribution in [2.75, 3.05) is 11.9 Å². The molecule has 1 N–H and O–H groups in total. The second-order valence-corrected chi connectivity index (χ2v) is 6.92. The van der Waals surface area contributed by atoms with Gasteiger partial charge >= 0.3 is 0 Å². The minimum Gasteiger partial charge on any atom is -0.490 e. The lowest BCUT2D eigenvalue weighted by atomic mass is 10.2. The van der Waals surface area contributed by atoms with Crippen LogP contribution < -0.4 is 14.8 Å². The zero-order valence-corrected chi connectivity index (χ0v) is 17.5. The van der Waals surface area contributed by atoms with Crippen molar-refractivity contribution in [1.82, 2.24) is 20.2 Å². The van der Waals surface area contributed by atoms with Gasteiger partial charge in [0, 0.05) is 11.0 Å². The van der Waals surface area contributed by atoms with Gasteiger partial charge in [-0.05, 0) is 52.7 Å². The summed E-state index contributed by atoms with van der Waals surface area (Å²) in [4.78, 5) is 0. The number of allylic oxidation sites excluding steroid dienone is 1. The highest BCUT2D eigenvalue weighted by Gasteiger charge is 2.13. The van der Waals surface area contributed by atoms with E-state index in [2.05, 4.69) is 43.4 Å². The van der Waals surface area contributed by atoms with Crippen LogP contribution in [0.3, 0.4) is 0 Å². The first-order chi connectivity index (χ1) is 14.1. The fraction of sp³-hybridized carbons (Fsp3) is 0.250. The van der Waals surface area contributed by atoms with Crippen LogP contribution in [0.1, 0.15) is 18.1 Å². The van der Waals surface area contributed by atoms with Crippen molar-refractivity contribution in [2.24, 2.45) is 0 Å². The zero-order valence-electron chi connectivity index (χ0n) is 15.9. The van der Waals surface area contributed by atoms with Gasteiger partial charge < -0.3 is 14.8 Å². The highest BCUT2D eigenvalue weighted by atomic mass is 79.9. The molecule has 0 aliphatic rings. The third-order valence-electron chi connectivity index (χ3n) is 3.99. The number of anilines is 1. The van der Waals surface area contributed by atoms with Gasteiger partial charge in [0.25, 0.3) is 0 Å². The van der Waals surface area contributed by atoms with E-state index in [1.165, 1.54) is 12.1 Å². The second kappa shape index (κ2) is 10.0. The zero-order chi connectivity index (χ0) is 20.6. The van der Waals surface area contributed by atoms with Crippen LogP contribution in [0.5, 0.6) is 11.5 Å². The molecule has 0 saturated carbocycles. The van der Waals surface area contributed by atoms with E-state index >= 15 is 0 Å². The number of ether oxygens (including phenoxy) is 2. The van der Waals surface area contributed by atoms with E-state index in [0.29, 0.717) is 43.8 Å². The van der Waals surface area contributed by atoms with Crippen LogP contribution in [-0.2, 0) is 19.7 Å². The number of hydrogen-bond acceptors (Lipinski definition) is 6. The molecule has 0 saturated heterocycles. The van der Waals surface area contributed by atoms with Crippen LogP contribution in [0.2, 0.25) is 0 Å². The van der Waals surface area contributed by atoms with Crippen molar-refractivity contribution >= 4 is 21.9 Å². The predicted molar refractivity (Wildman–Crippen MR) is 111 cm³/mol. The molecule has 3 aromatic rings. The van der Waals surface area contributed by atoms with Crippen molar-refractivity contribution in [1.29, 1.82) is 0 Å². The van der Waals surface area contributed by atoms with Crippen LogP contribution in [-0.4, -0.2) is 26.8 Å². The van der Waals surface area contributed by atoms with E-state index in [1.54, 1.807) is 22.9 Å². The van der Waals surface area contributed by atoms with Crippen molar-refractivity contribution in [3.05, 3.63) is 70.5 Å². The van der Waals surface area contributed by atoms with Crippen LogP contribution in [0.25, 0.3) is 0 Å². The third-order valence-corrected chi connectivity index (χ3v) is 4.73. The summed E-state index contributed by atoms with van der Waals surface area (Å²) in [5.41, 5.74) is 1.82. The molecule has 0 bridgehead atoms. The lowest BCUT2D eigenvalue weighted by molar-refractivity contribution is 0.269. The summed E-state index contributed by atoms with van der Waals surface area (Å²) < 4.78 is 27.2. The van der Waals surface area contributed by atoms with E-state index in [-0.39, 0.29) is 5.82 Å². The minimum atomic E-state index is -0.275. The number of aromatic nitrogens is 4. The molecule has 7 nitrogen and oxygen atoms in total. The highest BCUT2D eigenvalue weighted by molar-refractivity contribution is 9.10. The molecule has 1 aromatic heterocycles. The lowest BCUT2D eigenvalue weighted by Crippen LogP contribution is -2.09. The molecular weight excluding hydrogens is 441 g/mol. The smallest absolute Gasteiger partial charge is 0.243 e. The van der Waals surface area contributed by atoms with Crippen molar-refractivity contribution < 1.29 is 13.9 Å². The molecule has 0 radical (unpaired) electrons. The maximum Gasteiger partial charge on any atom is 0.243 e. The Labute approximate surface area is 176 Å². The number of tetrazole rings is 1. The molecule has 152 valence electrons. The van der Waals surface area contributed by atoms with Gasteiger partial charge in [-0.1, -0.05) is 39.2 Å². The third kappa shape index (κ3) is 5.54. The Morgan fingerprint density at radius 3 is 2.69 bits per heavy atom. The fourth-order valence-electron chi connectivity index (χ4n) is 2.59. The summed E-state index contributed by atoms with van der Waals surface area (Å²) in [6, 6.07) is 9.97. The molecule has 0 fully saturated rings. The average Bonchev–Trinajstić information content (AvgIpc) is 3.15. The standard InChI is InChI=1S/C20H21BrFN5O2/c1-3-9-27-20(24-25-26-27)23-12-15-10-18(28-4-2)19(11-17(15)21)29-13-14-5-7-16(22)8-6-14/h3,5-8,10-11H,1,4,9,12-13H2,2H3,(H,23,24,26). The van der Waals surface area contributed by atoms with Gasteiger partial charge in [-0.2, -0.15) is 0 Å². The summed E-state index contributed by atoms with van der Waals surface area (Å²) in [7, 11) is 0. The number of halogens is 2. The van der Waals surface area contributed by atoms with Crippen molar-refractivity contribution in [2.45, 2.75) is 26.6 Å². The molecule has 0 unspecified atom stereocenters. The van der Waals surface area contributed by atoms with Gasteiger partial charge in [0.15, 0.2) is 11.5 Å². The van der Waals surface area contributed by atoms with Crippen molar-refractivity contribution in [3.63, 3.8) is 0 Å². The van der Waals surface area contributed by atoms with Crippen LogP contribution >= 0.6 is 15.9 Å². The SMILES string of the molecule is C=CCn1nnnc1NCc1cc(OCC)c(OCc2ccc(F)cc2)cc1Br. The van der Waals surface area contributed by atoms with Crippen molar-refractivity contribution in [3.8, 4) is 11.5 Å². The van der Waals surface area contributed by atoms with Gasteiger partial charge in [0.05, 0.1) is 13.2 Å². The van der Waals surface area contributed by atoms with Crippen LogP contribution in [0, 0.1) is 5.82 Å².